The molecule has 0 bridgehead atoms. The number of aliphatic hydroxyl groups excluding tert-OH is 1. The number of hydrogen-bond acceptors (Lipinski definition) is 7. The zero-order valence-electron chi connectivity index (χ0n) is 19.4. The number of rotatable bonds is 9. The number of aromatic hydroxyl groups is 1. The molecule has 8 heteroatoms. The first kappa shape index (κ1) is 24.1. The molecular weight excluding hydrogens is 424 g/mol. The summed E-state index contributed by atoms with van der Waals surface area (Å²) < 4.78 is 10.7. The molecule has 2 aromatic rings. The highest BCUT2D eigenvalue weighted by Crippen LogP contribution is 2.42. The Labute approximate surface area is 193 Å². The number of amides is 1. The van der Waals surface area contributed by atoms with Crippen molar-refractivity contribution in [3.05, 3.63) is 59.2 Å². The van der Waals surface area contributed by atoms with E-state index in [0.29, 0.717) is 36.4 Å². The summed E-state index contributed by atoms with van der Waals surface area (Å²) in [6.45, 7) is 3.19. The van der Waals surface area contributed by atoms with E-state index >= 15 is 0 Å². The van der Waals surface area contributed by atoms with E-state index in [4.69, 9.17) is 9.47 Å². The van der Waals surface area contributed by atoms with E-state index in [1.54, 1.807) is 43.3 Å². The summed E-state index contributed by atoms with van der Waals surface area (Å²) in [4.78, 5) is 29.6. The number of ether oxygens (including phenoxy) is 2. The third-order valence-corrected chi connectivity index (χ3v) is 5.49. The van der Waals surface area contributed by atoms with Crippen LogP contribution in [-0.4, -0.2) is 72.6 Å². The first-order valence-electron chi connectivity index (χ1n) is 10.8. The maximum Gasteiger partial charge on any atom is 0.295 e. The second-order valence-electron chi connectivity index (χ2n) is 8.04. The molecule has 1 fully saturated rings. The van der Waals surface area contributed by atoms with Crippen LogP contribution in [0.15, 0.2) is 48.0 Å². The second kappa shape index (κ2) is 10.4. The van der Waals surface area contributed by atoms with Crippen molar-refractivity contribution in [1.29, 1.82) is 0 Å². The van der Waals surface area contributed by atoms with E-state index in [9.17, 15) is 19.8 Å². The number of phenols is 1. The molecule has 1 heterocycles. The summed E-state index contributed by atoms with van der Waals surface area (Å²) in [5.41, 5.74) is 0.922. The minimum atomic E-state index is -0.821. The Morgan fingerprint density at radius 3 is 2.58 bits per heavy atom. The highest BCUT2D eigenvalue weighted by molar-refractivity contribution is 6.46. The van der Waals surface area contributed by atoms with Gasteiger partial charge in [-0.2, -0.15) is 0 Å². The third-order valence-electron chi connectivity index (χ3n) is 5.49. The fourth-order valence-corrected chi connectivity index (χ4v) is 3.91. The Bertz CT molecular complexity index is 1060. The molecule has 3 rings (SSSR count). The van der Waals surface area contributed by atoms with Crippen LogP contribution in [-0.2, 0) is 9.59 Å². The largest absolute Gasteiger partial charge is 0.507 e. The molecule has 8 nitrogen and oxygen atoms in total. The Kier molecular flexibility index (Phi) is 7.60. The smallest absolute Gasteiger partial charge is 0.295 e. The van der Waals surface area contributed by atoms with E-state index in [1.807, 2.05) is 19.0 Å². The molecule has 1 unspecified atom stereocenters. The number of phenolic OH excluding ortho intramolecular Hbond substituents is 1. The van der Waals surface area contributed by atoms with Crippen molar-refractivity contribution in [1.82, 2.24) is 9.80 Å². The van der Waals surface area contributed by atoms with Crippen LogP contribution in [0.2, 0.25) is 0 Å². The third kappa shape index (κ3) is 5.12. The van der Waals surface area contributed by atoms with Crippen LogP contribution in [0.5, 0.6) is 17.2 Å². The van der Waals surface area contributed by atoms with Crippen molar-refractivity contribution in [2.45, 2.75) is 19.4 Å². The Morgan fingerprint density at radius 1 is 1.15 bits per heavy atom. The number of hydrogen-bond donors (Lipinski definition) is 2. The lowest BCUT2D eigenvalue weighted by Crippen LogP contribution is -2.32. The number of ketones is 1. The van der Waals surface area contributed by atoms with E-state index in [0.717, 1.165) is 6.54 Å². The quantitative estimate of drug-likeness (QED) is 0.341. The standard InChI is InChI=1S/C25H30N2O6/c1-5-33-20-15-16(10-11-19(20)28)22-21(23(29)17-8-6-9-18(14-17)32-4)24(30)25(31)27(22)13-7-12-26(2)3/h6,8-11,14-15,22,28-29H,5,7,12-13H2,1-4H3/b23-21+. The van der Waals surface area contributed by atoms with Crippen molar-refractivity contribution in [3.63, 3.8) is 0 Å². The number of carbonyl (C=O) groups is 2. The number of Topliss-reactive ketones (excluding diaryl/α,β-unsaturated/α-hetero) is 1. The average molecular weight is 455 g/mol. The van der Waals surface area contributed by atoms with Crippen LogP contribution in [0.1, 0.15) is 30.5 Å². The minimum absolute atomic E-state index is 0.00811. The van der Waals surface area contributed by atoms with Crippen LogP contribution >= 0.6 is 0 Å². The van der Waals surface area contributed by atoms with Gasteiger partial charge < -0.3 is 29.5 Å². The predicted octanol–water partition coefficient (Wildman–Crippen LogP) is 3.17. The molecule has 2 aromatic carbocycles. The fraction of sp³-hybridized carbons (Fsp3) is 0.360. The molecule has 0 aromatic heterocycles. The maximum atomic E-state index is 13.1. The SMILES string of the molecule is CCOc1cc(C2/C(=C(\O)c3cccc(OC)c3)C(=O)C(=O)N2CCCN(C)C)ccc1O. The molecule has 0 spiro atoms. The van der Waals surface area contributed by atoms with E-state index in [1.165, 1.54) is 18.1 Å². The lowest BCUT2D eigenvalue weighted by atomic mass is 9.95. The van der Waals surface area contributed by atoms with Crippen LogP contribution in [0.4, 0.5) is 0 Å². The zero-order valence-corrected chi connectivity index (χ0v) is 19.4. The molecule has 0 radical (unpaired) electrons. The van der Waals surface area contributed by atoms with E-state index in [-0.39, 0.29) is 22.8 Å². The van der Waals surface area contributed by atoms with Gasteiger partial charge in [-0.1, -0.05) is 18.2 Å². The number of carbonyl (C=O) groups excluding carboxylic acids is 2. The first-order valence-corrected chi connectivity index (χ1v) is 10.8. The summed E-state index contributed by atoms with van der Waals surface area (Å²) in [7, 11) is 5.37. The molecule has 0 saturated carbocycles. The first-order chi connectivity index (χ1) is 15.8. The van der Waals surface area contributed by atoms with Crippen LogP contribution < -0.4 is 9.47 Å². The van der Waals surface area contributed by atoms with Gasteiger partial charge in [-0.05, 0) is 63.8 Å². The van der Waals surface area contributed by atoms with Gasteiger partial charge in [-0.25, -0.2) is 0 Å². The van der Waals surface area contributed by atoms with Gasteiger partial charge in [0.15, 0.2) is 11.5 Å². The lowest BCUT2D eigenvalue weighted by molar-refractivity contribution is -0.139. The number of benzene rings is 2. The summed E-state index contributed by atoms with van der Waals surface area (Å²) in [5, 5.41) is 21.3. The van der Waals surface area contributed by atoms with Crippen molar-refractivity contribution in [3.8, 4) is 17.2 Å². The Balaban J connectivity index is 2.14. The van der Waals surface area contributed by atoms with Gasteiger partial charge in [0.2, 0.25) is 0 Å². The summed E-state index contributed by atoms with van der Waals surface area (Å²) in [5.74, 6) is -0.990. The molecule has 1 aliphatic rings. The van der Waals surface area contributed by atoms with Gasteiger partial charge in [0.25, 0.3) is 11.7 Å². The minimum Gasteiger partial charge on any atom is -0.507 e. The molecule has 33 heavy (non-hydrogen) atoms. The molecule has 1 aliphatic heterocycles. The second-order valence-corrected chi connectivity index (χ2v) is 8.04. The molecule has 1 amide bonds. The fourth-order valence-electron chi connectivity index (χ4n) is 3.91. The van der Waals surface area contributed by atoms with Gasteiger partial charge in [0.1, 0.15) is 11.5 Å². The number of nitrogens with zero attached hydrogens (tertiary/aromatic N) is 2. The predicted molar refractivity (Wildman–Crippen MR) is 124 cm³/mol. The number of aliphatic hydroxyl groups is 1. The Morgan fingerprint density at radius 2 is 1.91 bits per heavy atom. The normalized spacial score (nSPS) is 17.6. The average Bonchev–Trinajstić information content (AvgIpc) is 3.05. The van der Waals surface area contributed by atoms with Crippen LogP contribution in [0.25, 0.3) is 5.76 Å². The molecule has 1 atom stereocenters. The molecule has 0 aliphatic carbocycles. The number of methoxy groups -OCH3 is 1. The molecular formula is C25H30N2O6. The van der Waals surface area contributed by atoms with Gasteiger partial charge in [-0.15, -0.1) is 0 Å². The van der Waals surface area contributed by atoms with E-state index < -0.39 is 17.7 Å². The summed E-state index contributed by atoms with van der Waals surface area (Å²) >= 11 is 0. The highest BCUT2D eigenvalue weighted by atomic mass is 16.5. The molecule has 176 valence electrons. The zero-order chi connectivity index (χ0) is 24.1. The monoisotopic (exact) mass is 454 g/mol. The molecule has 2 N–H and O–H groups in total. The summed E-state index contributed by atoms with van der Waals surface area (Å²) in [6, 6.07) is 10.6. The topological polar surface area (TPSA) is 99.5 Å². The van der Waals surface area contributed by atoms with Crippen molar-refractivity contribution in [2.75, 3.05) is 40.9 Å². The van der Waals surface area contributed by atoms with Crippen LogP contribution in [0.3, 0.4) is 0 Å². The highest BCUT2D eigenvalue weighted by Gasteiger charge is 2.46. The molecule has 1 saturated heterocycles. The lowest BCUT2D eigenvalue weighted by Gasteiger charge is -2.26. The van der Waals surface area contributed by atoms with Gasteiger partial charge in [-0.3, -0.25) is 9.59 Å². The van der Waals surface area contributed by atoms with Crippen LogP contribution in [0, 0.1) is 0 Å². The summed E-state index contributed by atoms with van der Waals surface area (Å²) in [6.07, 6.45) is 0.645. The maximum absolute atomic E-state index is 13.1. The Hall–Kier alpha value is -3.52. The van der Waals surface area contributed by atoms with Gasteiger partial charge in [0, 0.05) is 12.1 Å². The van der Waals surface area contributed by atoms with Crippen molar-refractivity contribution >= 4 is 17.4 Å². The van der Waals surface area contributed by atoms with Gasteiger partial charge in [0.05, 0.1) is 25.3 Å². The van der Waals surface area contributed by atoms with Crippen molar-refractivity contribution < 1.29 is 29.3 Å². The van der Waals surface area contributed by atoms with Gasteiger partial charge >= 0.3 is 0 Å². The number of likely N-dealkylation sites (tertiary alicyclic amines) is 1. The van der Waals surface area contributed by atoms with Crippen molar-refractivity contribution in [2.24, 2.45) is 0 Å². The van der Waals surface area contributed by atoms with E-state index in [2.05, 4.69) is 0 Å².